The normalized spacial score (nSPS) is 9.43. The molecule has 0 heterocycles. The number of allylic oxidation sites excluding steroid dienone is 13. The summed E-state index contributed by atoms with van der Waals surface area (Å²) in [4.78, 5) is 193. The fourth-order valence-electron chi connectivity index (χ4n) is 6.03. The number of benzene rings is 1. The Morgan fingerprint density at radius 3 is 0.629 bits per heavy atom. The predicted molar refractivity (Wildman–Crippen MR) is 621 cm³/mol. The van der Waals surface area contributed by atoms with E-state index in [4.69, 9.17) is 43.9 Å². The largest absolute Gasteiger partial charge is 0.464 e. The van der Waals surface area contributed by atoms with Crippen molar-refractivity contribution in [1.82, 2.24) is 0 Å². The van der Waals surface area contributed by atoms with Crippen molar-refractivity contribution in [1.29, 1.82) is 0 Å². The van der Waals surface area contributed by atoms with E-state index in [0.29, 0.717) is 123 Å². The van der Waals surface area contributed by atoms with Crippen molar-refractivity contribution in [2.75, 3.05) is 58.7 Å². The fourth-order valence-corrected chi connectivity index (χ4v) is 6.03. The molecule has 0 aromatic heterocycles. The second kappa shape index (κ2) is 133. The van der Waals surface area contributed by atoms with E-state index in [-0.39, 0.29) is 280 Å². The summed E-state index contributed by atoms with van der Waals surface area (Å²) in [5, 5.41) is 0. The van der Waals surface area contributed by atoms with Crippen LogP contribution in [0.3, 0.4) is 0 Å². The van der Waals surface area contributed by atoms with Gasteiger partial charge in [-0.25, -0.2) is 19.2 Å². The lowest BCUT2D eigenvalue weighted by atomic mass is 10.1. The zero-order valence-corrected chi connectivity index (χ0v) is 79.6. The number of Topliss-reactive ketones (excluding diaryl/α,β-unsaturated/α-hetero) is 12. The number of carbonyl (C=O) groups excluding carboxylic acids is 18. The van der Waals surface area contributed by atoms with Crippen LogP contribution in [0.4, 0.5) is 5.69 Å². The molecule has 1 rings (SSSR count). The topological polar surface area (TPSA) is 519 Å². The van der Waals surface area contributed by atoms with Crippen molar-refractivity contribution in [2.45, 2.75) is 401 Å². The molecular weight excluding hydrogens is 1830 g/mol. The highest BCUT2D eigenvalue weighted by Gasteiger charge is 2.13. The Balaban J connectivity index is -0.0000000327. The van der Waals surface area contributed by atoms with Crippen LogP contribution < -0.4 is 34.4 Å². The van der Waals surface area contributed by atoms with Crippen LogP contribution in [0.1, 0.15) is 406 Å². The smallest absolute Gasteiger partial charge is 0.345 e. The van der Waals surface area contributed by atoms with Gasteiger partial charge in [0.2, 0.25) is 0 Å². The molecule has 0 saturated heterocycles. The monoisotopic (exact) mass is 2050 g/mol. The molecule has 12 N–H and O–H groups in total. The van der Waals surface area contributed by atoms with Crippen LogP contribution in [-0.4, -0.2) is 164 Å². The van der Waals surface area contributed by atoms with Crippen LogP contribution >= 0.6 is 0 Å². The van der Waals surface area contributed by atoms with Crippen molar-refractivity contribution in [3.05, 3.63) is 170 Å². The highest BCUT2D eigenvalue weighted by molar-refractivity contribution is 6.07. The van der Waals surface area contributed by atoms with Crippen LogP contribution in [0.15, 0.2) is 164 Å². The number of anilines is 1. The van der Waals surface area contributed by atoms with Gasteiger partial charge in [0.25, 0.3) is 0 Å². The van der Waals surface area contributed by atoms with Gasteiger partial charge in [0.15, 0.2) is 76.0 Å². The molecule has 0 radical (unpaired) electrons. The molecule has 854 valence electrons. The van der Waals surface area contributed by atoms with E-state index in [9.17, 15) is 86.3 Å². The van der Waals surface area contributed by atoms with Crippen molar-refractivity contribution >= 4 is 111 Å². The van der Waals surface area contributed by atoms with Gasteiger partial charge < -0.3 is 51.4 Å². The van der Waals surface area contributed by atoms with Crippen LogP contribution in [-0.2, 0) is 110 Å². The molecule has 1 aromatic rings. The third kappa shape index (κ3) is 148. The Hall–Kier alpha value is -11.4. The molecule has 0 aliphatic carbocycles. The number of rotatable bonds is 33. The predicted octanol–water partition coefficient (Wildman–Crippen LogP) is 26.3. The average Bonchev–Trinajstić information content (AvgIpc) is 0.922. The number of carbonyl (C=O) groups is 18. The zero-order valence-electron chi connectivity index (χ0n) is 79.6. The van der Waals surface area contributed by atoms with Gasteiger partial charge >= 0.3 is 35.8 Å². The lowest BCUT2D eigenvalue weighted by molar-refractivity contribution is -0.156. The lowest BCUT2D eigenvalue weighted by Crippen LogP contribution is -2.24. The van der Waals surface area contributed by atoms with Crippen molar-refractivity contribution in [2.24, 2.45) is 28.7 Å². The van der Waals surface area contributed by atoms with Gasteiger partial charge in [0.05, 0.1) is 25.3 Å². The SMILES string of the molecule is C.C.C.C.C.C.C.C.C.C.C.C.C.C.C.C.C.C.C.C.C=C(C)C(=O)OCC(=O)OCN.C=C(C)C(=O)OCC(C)N.C=C(C)CCC(=O)OCN.C=C(C)CCN.C=C(C)CCOC(=O)CN.C=C(C)CCOC(=O)c1ccc(N)cc1.CC(=O)/C(C)=C(/C)C(C)=O.CC(=O)/C(C)=C(/C)C(C)=O.CC(=O)/C(C)=C(/C)C(C)=O.CC(=O)/C(C)=C(/C)C(C)=O.CC(=O)/C(C)=C(/C)C(C)=O.CC(=O)/C(C)=C(/C)C(C)=O. The second-order valence-corrected chi connectivity index (χ2v) is 27.8. The number of esters is 6. The third-order valence-corrected chi connectivity index (χ3v) is 15.9. The van der Waals surface area contributed by atoms with Crippen LogP contribution in [0.2, 0.25) is 0 Å². The van der Waals surface area contributed by atoms with E-state index in [1.165, 1.54) is 90.0 Å². The molecule has 0 bridgehead atoms. The van der Waals surface area contributed by atoms with Crippen LogP contribution in [0.5, 0.6) is 0 Å². The summed E-state index contributed by atoms with van der Waals surface area (Å²) < 4.78 is 27.7. The average molecular weight is 2060 g/mol. The Labute approximate surface area is 879 Å². The molecule has 0 fully saturated rings. The quantitative estimate of drug-likeness (QED) is 0.00950. The maximum atomic E-state index is 11.4. The third-order valence-electron chi connectivity index (χ3n) is 15.9. The first-order chi connectivity index (χ1) is 56.1. The van der Waals surface area contributed by atoms with E-state index in [0.717, 1.165) is 35.3 Å². The number of hydrogen-bond donors (Lipinski definition) is 6. The fraction of sp³-hybridized carbons (Fsp3) is 0.575. The molecule has 1 aromatic carbocycles. The van der Waals surface area contributed by atoms with E-state index < -0.39 is 18.5 Å². The Bertz CT molecular complexity index is 3510. The first kappa shape index (κ1) is 222. The second-order valence-electron chi connectivity index (χ2n) is 27.8. The Morgan fingerprint density at radius 2 is 0.462 bits per heavy atom. The maximum Gasteiger partial charge on any atom is 0.345 e. The number of hydrogen-bond acceptors (Lipinski definition) is 30. The number of nitrogens with two attached hydrogens (primary N) is 6. The lowest BCUT2D eigenvalue weighted by Gasteiger charge is -2.05. The molecule has 0 spiro atoms. The maximum absolute atomic E-state index is 11.4. The molecule has 1 atom stereocenters. The van der Waals surface area contributed by atoms with E-state index in [1.54, 1.807) is 121 Å². The highest BCUT2D eigenvalue weighted by atomic mass is 16.6. The van der Waals surface area contributed by atoms with Gasteiger partial charge in [-0.1, -0.05) is 184 Å². The molecular formula is C113H228N6O24. The van der Waals surface area contributed by atoms with Crippen LogP contribution in [0, 0.1) is 0 Å². The van der Waals surface area contributed by atoms with Crippen LogP contribution in [0.25, 0.3) is 0 Å². The molecule has 0 aliphatic rings. The minimum atomic E-state index is -0.674. The minimum Gasteiger partial charge on any atom is -0.464 e. The molecule has 0 saturated carbocycles. The van der Waals surface area contributed by atoms with Gasteiger partial charge in [-0.05, 0) is 325 Å². The zero-order chi connectivity index (χ0) is 99.8. The molecule has 0 aliphatic heterocycles. The summed E-state index contributed by atoms with van der Waals surface area (Å²) in [5.41, 5.74) is 43.5. The first-order valence-electron chi connectivity index (χ1n) is 38.5. The molecule has 30 heteroatoms. The number of nitrogen functional groups attached to an aromatic ring is 1. The summed E-state index contributed by atoms with van der Waals surface area (Å²) in [5.74, 6) is -3.03. The van der Waals surface area contributed by atoms with Crippen molar-refractivity contribution in [3.8, 4) is 0 Å². The van der Waals surface area contributed by atoms with Gasteiger partial charge in [-0.3, -0.25) is 78.6 Å². The molecule has 30 nitrogen and oxygen atoms in total. The van der Waals surface area contributed by atoms with E-state index >= 15 is 0 Å². The van der Waals surface area contributed by atoms with Gasteiger partial charge in [-0.15, -0.1) is 26.3 Å². The summed E-state index contributed by atoms with van der Waals surface area (Å²) in [7, 11) is 0. The van der Waals surface area contributed by atoms with E-state index in [2.05, 4.69) is 58.4 Å². The van der Waals surface area contributed by atoms with Gasteiger partial charge in [0.1, 0.15) is 20.1 Å². The minimum absolute atomic E-state index is 0. The molecule has 0 amide bonds. The summed E-state index contributed by atoms with van der Waals surface area (Å²) >= 11 is 0. The highest BCUT2D eigenvalue weighted by Crippen LogP contribution is 2.12. The molecule has 143 heavy (non-hydrogen) atoms. The van der Waals surface area contributed by atoms with Crippen molar-refractivity contribution in [3.63, 3.8) is 0 Å². The summed E-state index contributed by atoms with van der Waals surface area (Å²) in [6.07, 6.45) is 3.43. The van der Waals surface area contributed by atoms with Gasteiger partial charge in [0, 0.05) is 42.1 Å². The van der Waals surface area contributed by atoms with Crippen molar-refractivity contribution < 1.29 is 115 Å². The Kier molecular flexibility index (Phi) is 206. The first-order valence-corrected chi connectivity index (χ1v) is 38.5. The van der Waals surface area contributed by atoms with E-state index in [1.807, 2.05) is 27.7 Å². The Morgan fingerprint density at radius 1 is 0.259 bits per heavy atom. The standard InChI is InChI=1S/C12H15NO2.6C8H12O2.C7H11NO4.3C7H13NO2.C5H11N.20CH4/c1-9(2)7-8-15-12(14)10-3-5-11(13)6-4-10;6*1-5(7(3)9)6(2)8(4)10;1-5(2)7(10)11-3-6(9)12-4-8;1-5(2)7(9)10-4-6(3)8;1-6(2)3-4-10-7(9)5-8;1-6(2)3-4-7(9)10-5-8;1-5(2)3-4-6;;;;;;;;;;;;;;;;;;;;/h3-6H,1,7-8,13H2,2H3;6*1-4H3;1,3-4,8H2,2H3;6H,1,4,8H2,2-3H3;2*1,3-5,8H2,2H3;1,3-4,6H2,2H3;20*1H4/b;6*6-5-;;;;;;;;;;;;;;;;;;;;;;;;;. The number of ether oxygens (including phenoxy) is 6. The summed E-state index contributed by atoms with van der Waals surface area (Å²) in [6, 6.07) is 6.55. The van der Waals surface area contributed by atoms with Gasteiger partial charge in [-0.2, -0.15) is 0 Å². The summed E-state index contributed by atoms with van der Waals surface area (Å²) in [6.45, 7) is 72.5. The number of ketones is 12. The molecule has 1 unspecified atom stereocenters.